The smallest absolute Gasteiger partial charge is 0.341 e. The number of nitrogens with zero attached hydrogens (tertiary/aromatic N) is 3. The zero-order chi connectivity index (χ0) is 21.8. The number of rotatable bonds is 6. The van der Waals surface area contributed by atoms with Crippen LogP contribution in [-0.2, 0) is 4.74 Å². The van der Waals surface area contributed by atoms with Gasteiger partial charge in [-0.3, -0.25) is 4.79 Å². The van der Waals surface area contributed by atoms with Crippen molar-refractivity contribution in [3.05, 3.63) is 70.5 Å². The monoisotopic (exact) mass is 426 g/mol. The van der Waals surface area contributed by atoms with E-state index in [0.29, 0.717) is 34.1 Å². The molecule has 8 heteroatoms. The normalized spacial score (nSPS) is 10.6. The number of halogens is 1. The number of benzene rings is 2. The maximum absolute atomic E-state index is 12.7. The van der Waals surface area contributed by atoms with Gasteiger partial charge in [0.15, 0.2) is 0 Å². The number of nitrogens with one attached hydrogen (secondary N) is 1. The molecule has 0 unspecified atom stereocenters. The van der Waals surface area contributed by atoms with E-state index in [0.717, 1.165) is 11.4 Å². The predicted molar refractivity (Wildman–Crippen MR) is 118 cm³/mol. The summed E-state index contributed by atoms with van der Waals surface area (Å²) in [6.07, 6.45) is 1.48. The highest BCUT2D eigenvalue weighted by Gasteiger charge is 2.17. The van der Waals surface area contributed by atoms with Gasteiger partial charge in [0, 0.05) is 19.7 Å². The number of hydrogen-bond acceptors (Lipinski definition) is 5. The lowest BCUT2D eigenvalue weighted by atomic mass is 10.1. The van der Waals surface area contributed by atoms with Crippen LogP contribution < -0.4 is 10.2 Å². The molecule has 0 saturated heterocycles. The number of carbonyl (C=O) groups is 2. The number of carbonyl (C=O) groups excluding carboxylic acids is 2. The molecule has 0 bridgehead atoms. The Kier molecular flexibility index (Phi) is 6.42. The molecule has 30 heavy (non-hydrogen) atoms. The highest BCUT2D eigenvalue weighted by molar-refractivity contribution is 6.34. The van der Waals surface area contributed by atoms with Crippen LogP contribution in [-0.4, -0.2) is 42.4 Å². The number of anilines is 2. The van der Waals surface area contributed by atoms with E-state index in [1.807, 2.05) is 19.0 Å². The molecule has 2 aromatic carbocycles. The molecule has 1 aromatic heterocycles. The van der Waals surface area contributed by atoms with E-state index in [-0.39, 0.29) is 5.91 Å². The lowest BCUT2D eigenvalue weighted by Crippen LogP contribution is -2.17. The second-order valence-corrected chi connectivity index (χ2v) is 7.21. The zero-order valence-electron chi connectivity index (χ0n) is 17.3. The minimum absolute atomic E-state index is 0.253. The molecule has 1 heterocycles. The summed E-state index contributed by atoms with van der Waals surface area (Å²) in [5, 5.41) is 7.73. The minimum Gasteiger partial charge on any atom is -0.462 e. The van der Waals surface area contributed by atoms with Crippen LogP contribution in [0.1, 0.15) is 33.3 Å². The summed E-state index contributed by atoms with van der Waals surface area (Å²) in [7, 11) is 3.73. The van der Waals surface area contributed by atoms with Crippen LogP contribution in [0, 0.1) is 6.92 Å². The van der Waals surface area contributed by atoms with E-state index in [1.165, 1.54) is 6.20 Å². The molecule has 3 rings (SSSR count). The maximum atomic E-state index is 12.7. The lowest BCUT2D eigenvalue weighted by Gasteiger charge is -2.19. The first kappa shape index (κ1) is 21.4. The Morgan fingerprint density at radius 3 is 2.50 bits per heavy atom. The predicted octanol–water partition coefficient (Wildman–Crippen LogP) is 4.33. The fourth-order valence-corrected chi connectivity index (χ4v) is 3.44. The zero-order valence-corrected chi connectivity index (χ0v) is 18.0. The van der Waals surface area contributed by atoms with Crippen molar-refractivity contribution in [1.29, 1.82) is 0 Å². The number of esters is 1. The van der Waals surface area contributed by atoms with E-state index in [9.17, 15) is 9.59 Å². The van der Waals surface area contributed by atoms with Crippen LogP contribution >= 0.6 is 11.6 Å². The molecule has 1 amide bonds. The molecule has 3 aromatic rings. The molecule has 7 nitrogen and oxygen atoms in total. The summed E-state index contributed by atoms with van der Waals surface area (Å²) in [5.74, 6) is -0.660. The van der Waals surface area contributed by atoms with E-state index < -0.39 is 5.97 Å². The fraction of sp³-hybridized carbons (Fsp3) is 0.227. The van der Waals surface area contributed by atoms with Crippen molar-refractivity contribution in [3.8, 4) is 5.69 Å². The summed E-state index contributed by atoms with van der Waals surface area (Å²) < 4.78 is 6.68. The SMILES string of the molecule is CCOC(=O)c1cnn(-c2ccc(C(=O)Nc3cccc(Cl)c3N(C)C)cc2)c1C. The van der Waals surface area contributed by atoms with Crippen LogP contribution in [0.15, 0.2) is 48.7 Å². The van der Waals surface area contributed by atoms with E-state index in [2.05, 4.69) is 10.4 Å². The lowest BCUT2D eigenvalue weighted by molar-refractivity contribution is 0.0525. The Balaban J connectivity index is 1.81. The largest absolute Gasteiger partial charge is 0.462 e. The maximum Gasteiger partial charge on any atom is 0.341 e. The van der Waals surface area contributed by atoms with Crippen molar-refractivity contribution >= 4 is 34.9 Å². The first-order chi connectivity index (χ1) is 14.3. The van der Waals surface area contributed by atoms with Gasteiger partial charge in [-0.15, -0.1) is 0 Å². The topological polar surface area (TPSA) is 76.5 Å². The molecule has 0 saturated carbocycles. The number of ether oxygens (including phenoxy) is 1. The highest BCUT2D eigenvalue weighted by atomic mass is 35.5. The number of aromatic nitrogens is 2. The average molecular weight is 427 g/mol. The van der Waals surface area contributed by atoms with Gasteiger partial charge < -0.3 is 15.0 Å². The Morgan fingerprint density at radius 1 is 1.17 bits per heavy atom. The van der Waals surface area contributed by atoms with Crippen molar-refractivity contribution < 1.29 is 14.3 Å². The third-order valence-corrected chi connectivity index (χ3v) is 4.87. The standard InChI is InChI=1S/C22H23ClN4O3/c1-5-30-22(29)17-13-24-27(14(17)2)16-11-9-15(10-12-16)21(28)25-19-8-6-7-18(23)20(19)26(3)4/h6-13H,5H2,1-4H3,(H,25,28). The quantitative estimate of drug-likeness (QED) is 0.594. The second-order valence-electron chi connectivity index (χ2n) is 6.81. The van der Waals surface area contributed by atoms with Crippen molar-refractivity contribution in [3.63, 3.8) is 0 Å². The third-order valence-electron chi connectivity index (χ3n) is 4.56. The fourth-order valence-electron chi connectivity index (χ4n) is 3.10. The average Bonchev–Trinajstić information content (AvgIpc) is 3.09. The van der Waals surface area contributed by atoms with Crippen LogP contribution in [0.25, 0.3) is 5.69 Å². The number of para-hydroxylation sites is 1. The Morgan fingerprint density at radius 2 is 1.87 bits per heavy atom. The van der Waals surface area contributed by atoms with Crippen molar-refractivity contribution in [2.24, 2.45) is 0 Å². The molecular formula is C22H23ClN4O3. The van der Waals surface area contributed by atoms with Gasteiger partial charge >= 0.3 is 5.97 Å². The summed E-state index contributed by atoms with van der Waals surface area (Å²) >= 11 is 6.27. The van der Waals surface area contributed by atoms with Crippen LogP contribution in [0.4, 0.5) is 11.4 Å². The van der Waals surface area contributed by atoms with Crippen LogP contribution in [0.2, 0.25) is 5.02 Å². The molecule has 156 valence electrons. The van der Waals surface area contributed by atoms with Gasteiger partial charge in [-0.2, -0.15) is 5.10 Å². The number of amides is 1. The summed E-state index contributed by atoms with van der Waals surface area (Å²) in [6.45, 7) is 3.85. The molecule has 0 fully saturated rings. The van der Waals surface area contributed by atoms with Gasteiger partial charge in [0.2, 0.25) is 0 Å². The van der Waals surface area contributed by atoms with E-state index >= 15 is 0 Å². The van der Waals surface area contributed by atoms with Gasteiger partial charge in [-0.1, -0.05) is 17.7 Å². The van der Waals surface area contributed by atoms with Gasteiger partial charge in [0.05, 0.1) is 40.6 Å². The van der Waals surface area contributed by atoms with Gasteiger partial charge in [-0.25, -0.2) is 9.48 Å². The first-order valence-electron chi connectivity index (χ1n) is 9.42. The third kappa shape index (κ3) is 4.31. The molecule has 0 aliphatic carbocycles. The van der Waals surface area contributed by atoms with Gasteiger partial charge in [0.25, 0.3) is 5.91 Å². The molecule has 1 N–H and O–H groups in total. The Hall–Kier alpha value is -3.32. The van der Waals surface area contributed by atoms with Gasteiger partial charge in [0.1, 0.15) is 5.56 Å². The molecular weight excluding hydrogens is 404 g/mol. The molecule has 0 atom stereocenters. The summed E-state index contributed by atoms with van der Waals surface area (Å²) in [6, 6.07) is 12.3. The second kappa shape index (κ2) is 9.00. The van der Waals surface area contributed by atoms with Crippen molar-refractivity contribution in [1.82, 2.24) is 9.78 Å². The summed E-state index contributed by atoms with van der Waals surface area (Å²) in [5.41, 5.74) is 3.66. The van der Waals surface area contributed by atoms with Crippen molar-refractivity contribution in [2.45, 2.75) is 13.8 Å². The molecule has 0 aliphatic heterocycles. The van der Waals surface area contributed by atoms with Crippen LogP contribution in [0.3, 0.4) is 0 Å². The molecule has 0 radical (unpaired) electrons. The number of hydrogen-bond donors (Lipinski definition) is 1. The van der Waals surface area contributed by atoms with Crippen molar-refractivity contribution in [2.75, 3.05) is 30.9 Å². The van der Waals surface area contributed by atoms with Gasteiger partial charge in [-0.05, 0) is 50.2 Å². The Bertz CT molecular complexity index is 1070. The van der Waals surface area contributed by atoms with Crippen LogP contribution in [0.5, 0.6) is 0 Å². The first-order valence-corrected chi connectivity index (χ1v) is 9.80. The van der Waals surface area contributed by atoms with E-state index in [4.69, 9.17) is 16.3 Å². The molecule has 0 spiro atoms. The van der Waals surface area contributed by atoms with E-state index in [1.54, 1.807) is 61.0 Å². The molecule has 0 aliphatic rings. The minimum atomic E-state index is -0.407. The summed E-state index contributed by atoms with van der Waals surface area (Å²) in [4.78, 5) is 26.6. The Labute approximate surface area is 180 Å². The highest BCUT2D eigenvalue weighted by Crippen LogP contribution is 2.32.